The van der Waals surface area contributed by atoms with Crippen LogP contribution in [0.5, 0.6) is 0 Å². The van der Waals surface area contributed by atoms with Crippen LogP contribution in [0.25, 0.3) is 0 Å². The van der Waals surface area contributed by atoms with Gasteiger partial charge in [0.1, 0.15) is 0 Å². The van der Waals surface area contributed by atoms with Crippen LogP contribution in [0.4, 0.5) is 0 Å². The molecule has 0 aromatic heterocycles. The standard InChI is InChI=1S/2C12H28N.C8H20O4Si.H2O/c3*1-5-9-13(10-6-2,11-7-3)12-8-4;/h2*5-12H2,1-4H3;5-8H2,1-4H3;1H2/q2*+1;;. The lowest BCUT2D eigenvalue weighted by Crippen LogP contribution is -2.50. The Hall–Kier alpha value is -0.0631. The highest BCUT2D eigenvalue weighted by Gasteiger charge is 2.44. The average Bonchev–Trinajstić information content (AvgIpc) is 2.87. The van der Waals surface area contributed by atoms with Crippen LogP contribution >= 0.6 is 0 Å². The van der Waals surface area contributed by atoms with Crippen molar-refractivity contribution in [3.8, 4) is 0 Å². The molecule has 0 saturated carbocycles. The molecule has 0 aromatic carbocycles. The summed E-state index contributed by atoms with van der Waals surface area (Å²) in [7, 11) is -2.80. The van der Waals surface area contributed by atoms with Crippen molar-refractivity contribution in [1.29, 1.82) is 0 Å². The van der Waals surface area contributed by atoms with Crippen LogP contribution in [0.1, 0.15) is 134 Å². The van der Waals surface area contributed by atoms with Crippen molar-refractivity contribution < 1.29 is 32.1 Å². The molecule has 248 valence electrons. The van der Waals surface area contributed by atoms with E-state index in [1.54, 1.807) is 0 Å². The van der Waals surface area contributed by atoms with Gasteiger partial charge in [0, 0.05) is 26.4 Å². The normalized spacial score (nSPS) is 11.7. The molecule has 0 spiro atoms. The Morgan fingerprint density at radius 2 is 0.475 bits per heavy atom. The quantitative estimate of drug-likeness (QED) is 0.0846. The Balaban J connectivity index is -0.000000240. The lowest BCUT2D eigenvalue weighted by molar-refractivity contribution is -0.928. The number of hydrogen-bond acceptors (Lipinski definition) is 4. The zero-order valence-electron chi connectivity index (χ0n) is 29.7. The molecule has 0 bridgehead atoms. The van der Waals surface area contributed by atoms with Gasteiger partial charge in [-0.05, 0) is 79.1 Å². The second kappa shape index (κ2) is 31.9. The minimum atomic E-state index is -2.80. The van der Waals surface area contributed by atoms with E-state index in [1.165, 1.54) is 113 Å². The van der Waals surface area contributed by atoms with Crippen molar-refractivity contribution in [2.75, 3.05) is 78.8 Å². The summed E-state index contributed by atoms with van der Waals surface area (Å²) in [5.41, 5.74) is 0. The Morgan fingerprint density at radius 3 is 0.575 bits per heavy atom. The number of hydrogen-bond donors (Lipinski definition) is 0. The van der Waals surface area contributed by atoms with Gasteiger partial charge in [-0.2, -0.15) is 0 Å². The SMILES string of the molecule is CCC[N+](CCC)(CCC)CCC.CCC[N+](CCC)(CCC)CCC.CCO[Si](OCC)(OCC)OCC.O. The largest absolute Gasteiger partial charge is 0.679 e. The summed E-state index contributed by atoms with van der Waals surface area (Å²) in [6.45, 7) is 39.4. The smallest absolute Gasteiger partial charge is 0.412 e. The summed E-state index contributed by atoms with van der Waals surface area (Å²) in [6, 6.07) is 0. The van der Waals surface area contributed by atoms with Crippen LogP contribution in [-0.2, 0) is 17.7 Å². The van der Waals surface area contributed by atoms with E-state index in [1.807, 2.05) is 27.7 Å². The molecule has 0 aliphatic rings. The van der Waals surface area contributed by atoms with Gasteiger partial charge in [-0.15, -0.1) is 0 Å². The summed E-state index contributed by atoms with van der Waals surface area (Å²) in [6.07, 6.45) is 10.7. The van der Waals surface area contributed by atoms with E-state index in [-0.39, 0.29) is 5.48 Å². The molecule has 0 radical (unpaired) electrons. The van der Waals surface area contributed by atoms with Gasteiger partial charge in [-0.25, -0.2) is 0 Å². The fourth-order valence-corrected chi connectivity index (χ4v) is 8.01. The number of rotatable bonds is 24. The van der Waals surface area contributed by atoms with Crippen LogP contribution in [0.2, 0.25) is 0 Å². The molecule has 0 aromatic rings. The van der Waals surface area contributed by atoms with E-state index < -0.39 is 9.05 Å². The first kappa shape index (κ1) is 46.9. The minimum absolute atomic E-state index is 0. The van der Waals surface area contributed by atoms with E-state index in [9.17, 15) is 0 Å². The van der Waals surface area contributed by atoms with Crippen LogP contribution < -0.4 is 0 Å². The van der Waals surface area contributed by atoms with Gasteiger partial charge in [-0.1, -0.05) is 55.4 Å². The third-order valence-electron chi connectivity index (χ3n) is 6.87. The average molecular weight is 599 g/mol. The Kier molecular flexibility index (Phi) is 37.3. The van der Waals surface area contributed by atoms with Gasteiger partial charge in [0.25, 0.3) is 0 Å². The molecule has 0 fully saturated rings. The summed E-state index contributed by atoms with van der Waals surface area (Å²) < 4.78 is 24.4. The molecule has 0 amide bonds. The monoisotopic (exact) mass is 599 g/mol. The van der Waals surface area contributed by atoms with Crippen LogP contribution in [0, 0.1) is 0 Å². The maximum atomic E-state index is 5.42. The van der Waals surface area contributed by atoms with Crippen molar-refractivity contribution in [2.45, 2.75) is 134 Å². The first-order valence-corrected chi connectivity index (χ1v) is 18.6. The van der Waals surface area contributed by atoms with Crippen molar-refractivity contribution in [3.05, 3.63) is 0 Å². The highest BCUT2D eigenvalue weighted by atomic mass is 28.4. The third-order valence-corrected chi connectivity index (χ3v) is 9.44. The summed E-state index contributed by atoms with van der Waals surface area (Å²) in [5, 5.41) is 0. The minimum Gasteiger partial charge on any atom is -0.412 e. The van der Waals surface area contributed by atoms with Crippen LogP contribution in [0.15, 0.2) is 0 Å². The highest BCUT2D eigenvalue weighted by molar-refractivity contribution is 6.53. The Bertz CT molecular complexity index is 331. The Morgan fingerprint density at radius 1 is 0.325 bits per heavy atom. The highest BCUT2D eigenvalue weighted by Crippen LogP contribution is 2.14. The molecule has 0 atom stereocenters. The zero-order valence-corrected chi connectivity index (χ0v) is 30.7. The first-order valence-electron chi connectivity index (χ1n) is 17.0. The van der Waals surface area contributed by atoms with Crippen molar-refractivity contribution in [3.63, 3.8) is 0 Å². The van der Waals surface area contributed by atoms with Gasteiger partial charge in [0.15, 0.2) is 0 Å². The molecule has 0 rings (SSSR count). The Labute approximate surface area is 254 Å². The zero-order chi connectivity index (χ0) is 30.5. The van der Waals surface area contributed by atoms with Crippen molar-refractivity contribution in [1.82, 2.24) is 0 Å². The molecule has 8 heteroatoms. The second-order valence-electron chi connectivity index (χ2n) is 10.7. The molecule has 2 N–H and O–H groups in total. The molecular formula is C32H78N2O5Si+2. The van der Waals surface area contributed by atoms with Crippen molar-refractivity contribution >= 4 is 9.05 Å². The van der Waals surface area contributed by atoms with Crippen molar-refractivity contribution in [2.24, 2.45) is 0 Å². The number of quaternary nitrogens is 2. The molecule has 0 heterocycles. The predicted octanol–water partition coefficient (Wildman–Crippen LogP) is 7.63. The summed E-state index contributed by atoms with van der Waals surface area (Å²) >= 11 is 0. The maximum absolute atomic E-state index is 5.42. The van der Waals surface area contributed by atoms with E-state index in [0.29, 0.717) is 26.4 Å². The first-order chi connectivity index (χ1) is 18.7. The van der Waals surface area contributed by atoms with Gasteiger partial charge in [-0.3, -0.25) is 0 Å². The van der Waals surface area contributed by atoms with E-state index in [4.69, 9.17) is 17.7 Å². The molecule has 0 unspecified atom stereocenters. The third kappa shape index (κ3) is 22.5. The summed E-state index contributed by atoms with van der Waals surface area (Å²) in [5.74, 6) is 0. The summed E-state index contributed by atoms with van der Waals surface area (Å²) in [4.78, 5) is 0. The van der Waals surface area contributed by atoms with Gasteiger partial charge in [0.2, 0.25) is 0 Å². The van der Waals surface area contributed by atoms with E-state index >= 15 is 0 Å². The van der Waals surface area contributed by atoms with Crippen LogP contribution in [-0.4, -0.2) is 102 Å². The number of nitrogens with zero attached hydrogens (tertiary/aromatic N) is 2. The molecule has 7 nitrogen and oxygen atoms in total. The topological polar surface area (TPSA) is 68.4 Å². The fraction of sp³-hybridized carbons (Fsp3) is 1.00. The lowest BCUT2D eigenvalue weighted by atomic mass is 10.2. The van der Waals surface area contributed by atoms with Gasteiger partial charge < -0.3 is 32.1 Å². The maximum Gasteiger partial charge on any atom is 0.679 e. The van der Waals surface area contributed by atoms with Crippen LogP contribution in [0.3, 0.4) is 0 Å². The van der Waals surface area contributed by atoms with E-state index in [2.05, 4.69) is 55.4 Å². The van der Waals surface area contributed by atoms with E-state index in [0.717, 1.165) is 0 Å². The fourth-order valence-electron chi connectivity index (χ4n) is 6.09. The van der Waals surface area contributed by atoms with Gasteiger partial charge >= 0.3 is 9.05 Å². The molecule has 0 aliphatic carbocycles. The lowest BCUT2D eigenvalue weighted by Gasteiger charge is -2.38. The molecule has 0 saturated heterocycles. The van der Waals surface area contributed by atoms with Gasteiger partial charge in [0.05, 0.1) is 52.4 Å². The molecule has 0 aliphatic heterocycles. The molecule has 40 heavy (non-hydrogen) atoms. The second-order valence-corrected chi connectivity index (χ2v) is 12.9. The molecular weight excluding hydrogens is 520 g/mol. The predicted molar refractivity (Wildman–Crippen MR) is 178 cm³/mol.